The van der Waals surface area contributed by atoms with Crippen LogP contribution >= 0.6 is 35.3 Å². The second-order valence-corrected chi connectivity index (χ2v) is 39.9. The monoisotopic (exact) mass is 594 g/mol. The van der Waals surface area contributed by atoms with Gasteiger partial charge in [0.2, 0.25) is 0 Å². The summed E-state index contributed by atoms with van der Waals surface area (Å²) in [7, 11) is 0. The summed E-state index contributed by atoms with van der Waals surface area (Å²) in [6.45, 7) is 0. The maximum atomic E-state index is 2.50. The van der Waals surface area contributed by atoms with E-state index in [0.29, 0.717) is 0 Å². The predicted molar refractivity (Wildman–Crippen MR) is 33.8 cm³/mol. The van der Waals surface area contributed by atoms with Crippen LogP contribution in [0.3, 0.4) is 0 Å². The Hall–Kier alpha value is 3.97. The summed E-state index contributed by atoms with van der Waals surface area (Å²) in [5.74, 6) is 0. The predicted octanol–water partition coefficient (Wildman–Crippen LogP) is 1.39. The molecule has 0 bridgehead atoms. The molecule has 0 N–H and O–H groups in total. The normalized spacial score (nSPS) is 2.50. The second kappa shape index (κ2) is 10.1. The molecule has 0 rings (SSSR count). The second-order valence-electron chi connectivity index (χ2n) is 0.101. The van der Waals surface area contributed by atoms with Crippen LogP contribution in [0.25, 0.3) is 0 Å². The molecule has 0 atom stereocenters. The molecule has 0 aliphatic heterocycles. The zero-order valence-electron chi connectivity index (χ0n) is 2.17. The summed E-state index contributed by atoms with van der Waals surface area (Å²) in [6.07, 6.45) is 0. The van der Waals surface area contributed by atoms with Crippen molar-refractivity contribution in [2.75, 3.05) is 0 Å². The molecule has 0 amide bonds. The number of rotatable bonds is 0. The van der Waals surface area contributed by atoms with Gasteiger partial charge in [-0.3, -0.25) is 0 Å². The summed E-state index contributed by atoms with van der Waals surface area (Å²) in [4.78, 5) is 0. The maximum absolute atomic E-state index is 2.50. The fourth-order valence-electron chi connectivity index (χ4n) is 0. The Bertz CT molecular complexity index is 6.00. The summed E-state index contributed by atoms with van der Waals surface area (Å²) in [6, 6.07) is 0. The van der Waals surface area contributed by atoms with Gasteiger partial charge in [-0.05, 0) is 0 Å². The van der Waals surface area contributed by atoms with E-state index in [1.807, 2.05) is 0 Å². The first-order chi connectivity index (χ1) is 1.41. The third-order valence-corrected chi connectivity index (χ3v) is 0. The molecular formula is BaHgI2. The van der Waals surface area contributed by atoms with Gasteiger partial charge >= 0.3 is 51.2 Å². The fraction of sp³-hybridized carbons (Fsp3) is 0. The minimum absolute atomic E-state index is 0. The Labute approximate surface area is 96.5 Å². The molecule has 0 heterocycles. The number of halogens is 2. The molecule has 0 spiro atoms. The third kappa shape index (κ3) is 9.35. The van der Waals surface area contributed by atoms with Gasteiger partial charge in [0.1, 0.15) is 0 Å². The molecule has 0 unspecified atom stereocenters. The van der Waals surface area contributed by atoms with Crippen LogP contribution in [-0.2, 0) is 15.9 Å². The fourth-order valence-corrected chi connectivity index (χ4v) is 0. The first kappa shape index (κ1) is 10.9. The Kier molecular flexibility index (Phi) is 27.3. The van der Waals surface area contributed by atoms with Crippen molar-refractivity contribution in [3.63, 3.8) is 0 Å². The van der Waals surface area contributed by atoms with Crippen molar-refractivity contribution in [1.29, 1.82) is 0 Å². The van der Waals surface area contributed by atoms with Crippen molar-refractivity contribution in [2.24, 2.45) is 0 Å². The van der Waals surface area contributed by atoms with Crippen molar-refractivity contribution in [3.8, 4) is 0 Å². The van der Waals surface area contributed by atoms with Crippen LogP contribution in [0.4, 0.5) is 0 Å². The molecule has 0 aromatic heterocycles. The van der Waals surface area contributed by atoms with Crippen molar-refractivity contribution in [1.82, 2.24) is 0 Å². The van der Waals surface area contributed by atoms with Crippen LogP contribution in [0.5, 0.6) is 0 Å². The number of hydrogen-bond donors (Lipinski definition) is 0. The summed E-state index contributed by atoms with van der Waals surface area (Å²) in [5, 5.41) is 0. The van der Waals surface area contributed by atoms with Crippen LogP contribution in [0.1, 0.15) is 0 Å². The van der Waals surface area contributed by atoms with E-state index in [-0.39, 0.29) is 64.8 Å². The Balaban J connectivity index is 0. The molecule has 4 heavy (non-hydrogen) atoms. The van der Waals surface area contributed by atoms with Crippen LogP contribution < -0.4 is 0 Å². The topological polar surface area (TPSA) is 0 Å². The zero-order chi connectivity index (χ0) is 2.71. The summed E-state index contributed by atoms with van der Waals surface area (Å²) < 4.78 is 0. The SMILES string of the molecule is [Ba].[I][Hg][I]. The summed E-state index contributed by atoms with van der Waals surface area (Å²) >= 11 is 4.85. The van der Waals surface area contributed by atoms with Crippen molar-refractivity contribution < 1.29 is 15.9 Å². The van der Waals surface area contributed by atoms with Gasteiger partial charge in [-0.15, -0.1) is 0 Å². The van der Waals surface area contributed by atoms with Crippen molar-refractivity contribution >= 4 is 84.2 Å². The Morgan fingerprint density at radius 3 is 1.25 bits per heavy atom. The molecule has 0 aliphatic rings. The summed E-state index contributed by atoms with van der Waals surface area (Å²) in [5.41, 5.74) is 0. The van der Waals surface area contributed by atoms with E-state index in [9.17, 15) is 0 Å². The van der Waals surface area contributed by atoms with Crippen molar-refractivity contribution in [2.45, 2.75) is 0 Å². The molecule has 18 valence electrons. The molecule has 0 saturated heterocycles. The molecule has 0 fully saturated rings. The van der Waals surface area contributed by atoms with Gasteiger partial charge in [-0.25, -0.2) is 0 Å². The average Bonchev–Trinajstić information content (AvgIpc) is 0.918. The molecule has 0 saturated carbocycles. The van der Waals surface area contributed by atoms with Gasteiger partial charge in [0.05, 0.1) is 0 Å². The van der Waals surface area contributed by atoms with Crippen molar-refractivity contribution in [3.05, 3.63) is 0 Å². The average molecular weight is 592 g/mol. The number of hydrogen-bond acceptors (Lipinski definition) is 0. The quantitative estimate of drug-likeness (QED) is 0.295. The van der Waals surface area contributed by atoms with Gasteiger partial charge in [0.25, 0.3) is 0 Å². The Morgan fingerprint density at radius 2 is 1.25 bits per heavy atom. The van der Waals surface area contributed by atoms with Gasteiger partial charge < -0.3 is 0 Å². The van der Waals surface area contributed by atoms with E-state index < -0.39 is 0 Å². The van der Waals surface area contributed by atoms with E-state index in [1.165, 1.54) is 0 Å². The van der Waals surface area contributed by atoms with Gasteiger partial charge in [0, 0.05) is 48.9 Å². The van der Waals surface area contributed by atoms with E-state index >= 15 is 0 Å². The van der Waals surface area contributed by atoms with E-state index in [4.69, 9.17) is 0 Å². The van der Waals surface area contributed by atoms with Gasteiger partial charge in [0.15, 0.2) is 0 Å². The van der Waals surface area contributed by atoms with E-state index in [1.54, 1.807) is 0 Å². The molecule has 0 nitrogen and oxygen atoms in total. The van der Waals surface area contributed by atoms with Crippen LogP contribution in [0.2, 0.25) is 0 Å². The van der Waals surface area contributed by atoms with Crippen LogP contribution in [0.15, 0.2) is 0 Å². The van der Waals surface area contributed by atoms with Crippen LogP contribution in [0, 0.1) is 0 Å². The first-order valence-electron chi connectivity index (χ1n) is 0.535. The zero-order valence-corrected chi connectivity index (χ0v) is 16.4. The molecule has 0 aromatic rings. The molecule has 4 heteroatoms. The minimum atomic E-state index is -0.143. The first-order valence-corrected chi connectivity index (χ1v) is 31.5. The standard InChI is InChI=1S/Ba.Hg.2HI/h;;2*1H/q;+2;;/p-2. The Morgan fingerprint density at radius 1 is 1.25 bits per heavy atom. The third-order valence-electron chi connectivity index (χ3n) is 0. The molecular weight excluding hydrogens is 592 g/mol. The van der Waals surface area contributed by atoms with Gasteiger partial charge in [-0.1, -0.05) is 0 Å². The molecule has 2 radical (unpaired) electrons. The van der Waals surface area contributed by atoms with Crippen LogP contribution in [-0.4, -0.2) is 48.9 Å². The molecule has 0 aromatic carbocycles. The molecule has 0 aliphatic carbocycles. The van der Waals surface area contributed by atoms with E-state index in [2.05, 4.69) is 35.3 Å². The van der Waals surface area contributed by atoms with Gasteiger partial charge in [-0.2, -0.15) is 0 Å². The van der Waals surface area contributed by atoms with E-state index in [0.717, 1.165) is 0 Å².